The summed E-state index contributed by atoms with van der Waals surface area (Å²) in [6.07, 6.45) is 3.39. The Kier molecular flexibility index (Phi) is 3.24. The van der Waals surface area contributed by atoms with Gasteiger partial charge in [0.1, 0.15) is 6.67 Å². The highest BCUT2D eigenvalue weighted by Gasteiger charge is 2.10. The molecular formula is C17H14N6O2. The van der Waals surface area contributed by atoms with E-state index in [0.717, 1.165) is 11.0 Å². The number of fused-ring (bicyclic) bond motifs is 2. The second-order valence-electron chi connectivity index (χ2n) is 5.71. The normalized spacial score (nSPS) is 11.2. The first-order valence-electron chi connectivity index (χ1n) is 7.52. The van der Waals surface area contributed by atoms with Crippen molar-refractivity contribution in [2.45, 2.75) is 6.67 Å². The third-order valence-corrected chi connectivity index (χ3v) is 4.12. The third kappa shape index (κ3) is 2.49. The monoisotopic (exact) mass is 334 g/mol. The largest absolute Gasteiger partial charge is 0.366 e. The molecule has 0 aliphatic carbocycles. The van der Waals surface area contributed by atoms with Gasteiger partial charge < -0.3 is 20.6 Å². The van der Waals surface area contributed by atoms with Crippen LogP contribution in [-0.4, -0.2) is 30.9 Å². The van der Waals surface area contributed by atoms with Crippen LogP contribution >= 0.6 is 0 Å². The average molecular weight is 334 g/mol. The molecular weight excluding hydrogens is 320 g/mol. The summed E-state index contributed by atoms with van der Waals surface area (Å²) in [4.78, 5) is 31.2. The second kappa shape index (κ2) is 5.45. The van der Waals surface area contributed by atoms with Gasteiger partial charge in [-0.2, -0.15) is 0 Å². The fourth-order valence-electron chi connectivity index (χ4n) is 2.82. The summed E-state index contributed by atoms with van der Waals surface area (Å²) in [7, 11) is 0. The zero-order chi connectivity index (χ0) is 17.6. The SMILES string of the molecule is NC(=O)c1ccc2c(c1)ncn2Cn1cnc2cc(C(N)=O)ccc21. The lowest BCUT2D eigenvalue weighted by atomic mass is 10.2. The number of carbonyl (C=O) groups is 2. The van der Waals surface area contributed by atoms with Gasteiger partial charge in [0.15, 0.2) is 0 Å². The molecule has 0 fully saturated rings. The van der Waals surface area contributed by atoms with Crippen molar-refractivity contribution in [2.75, 3.05) is 0 Å². The number of amides is 2. The number of primary amides is 2. The lowest BCUT2D eigenvalue weighted by molar-refractivity contribution is 0.0992. The minimum absolute atomic E-state index is 0.421. The van der Waals surface area contributed by atoms with Crippen molar-refractivity contribution in [1.82, 2.24) is 19.1 Å². The van der Waals surface area contributed by atoms with E-state index in [1.165, 1.54) is 0 Å². The second-order valence-corrected chi connectivity index (χ2v) is 5.71. The van der Waals surface area contributed by atoms with Crippen LogP contribution in [0.1, 0.15) is 20.7 Å². The molecule has 8 nitrogen and oxygen atoms in total. The number of benzene rings is 2. The van der Waals surface area contributed by atoms with Crippen molar-refractivity contribution in [3.8, 4) is 0 Å². The van der Waals surface area contributed by atoms with Crippen molar-refractivity contribution in [1.29, 1.82) is 0 Å². The molecule has 2 aromatic carbocycles. The van der Waals surface area contributed by atoms with Crippen molar-refractivity contribution >= 4 is 33.9 Å². The highest BCUT2D eigenvalue weighted by atomic mass is 16.1. The molecule has 0 aliphatic rings. The summed E-state index contributed by atoms with van der Waals surface area (Å²) in [5.74, 6) is -0.968. The molecule has 4 N–H and O–H groups in total. The van der Waals surface area contributed by atoms with Gasteiger partial charge in [0.25, 0.3) is 0 Å². The first kappa shape index (κ1) is 14.9. The number of nitrogens with zero attached hydrogens (tertiary/aromatic N) is 4. The van der Waals surface area contributed by atoms with Crippen LogP contribution in [0.3, 0.4) is 0 Å². The first-order valence-corrected chi connectivity index (χ1v) is 7.52. The van der Waals surface area contributed by atoms with Crippen LogP contribution in [0, 0.1) is 0 Å². The van der Waals surface area contributed by atoms with E-state index in [9.17, 15) is 9.59 Å². The topological polar surface area (TPSA) is 122 Å². The zero-order valence-electron chi connectivity index (χ0n) is 13.1. The number of carbonyl (C=O) groups excluding carboxylic acids is 2. The van der Waals surface area contributed by atoms with Gasteiger partial charge in [-0.3, -0.25) is 9.59 Å². The maximum Gasteiger partial charge on any atom is 0.248 e. The Morgan fingerprint density at radius 3 is 1.64 bits per heavy atom. The molecule has 4 rings (SSSR count). The van der Waals surface area contributed by atoms with Crippen molar-refractivity contribution in [3.05, 3.63) is 60.2 Å². The first-order chi connectivity index (χ1) is 12.0. The Morgan fingerprint density at radius 1 is 0.800 bits per heavy atom. The third-order valence-electron chi connectivity index (χ3n) is 4.12. The lowest BCUT2D eigenvalue weighted by Gasteiger charge is -2.07. The summed E-state index contributed by atoms with van der Waals surface area (Å²) in [5, 5.41) is 0. The minimum Gasteiger partial charge on any atom is -0.366 e. The highest BCUT2D eigenvalue weighted by Crippen LogP contribution is 2.18. The molecule has 0 saturated carbocycles. The van der Waals surface area contributed by atoms with Gasteiger partial charge in [-0.15, -0.1) is 0 Å². The lowest BCUT2D eigenvalue weighted by Crippen LogP contribution is -2.11. The number of nitrogens with two attached hydrogens (primary N) is 2. The van der Waals surface area contributed by atoms with Gasteiger partial charge >= 0.3 is 0 Å². The van der Waals surface area contributed by atoms with Gasteiger partial charge in [0, 0.05) is 11.1 Å². The Hall–Kier alpha value is -3.68. The van der Waals surface area contributed by atoms with E-state index in [-0.39, 0.29) is 0 Å². The molecule has 0 bridgehead atoms. The van der Waals surface area contributed by atoms with Crippen LogP contribution in [0.15, 0.2) is 49.1 Å². The van der Waals surface area contributed by atoms with E-state index in [1.807, 2.05) is 21.3 Å². The standard InChI is InChI=1S/C17H14N6O2/c18-16(24)10-1-3-14-12(5-10)20-7-22(14)9-23-8-21-13-6-11(17(19)25)2-4-15(13)23/h1-8H,9H2,(H2,18,24)(H2,19,25). The summed E-state index contributed by atoms with van der Waals surface area (Å²) < 4.78 is 3.87. The molecule has 2 heterocycles. The number of imidazole rings is 2. The molecule has 0 spiro atoms. The van der Waals surface area contributed by atoms with Crippen molar-refractivity contribution in [3.63, 3.8) is 0 Å². The van der Waals surface area contributed by atoms with Crippen LogP contribution in [-0.2, 0) is 6.67 Å². The van der Waals surface area contributed by atoms with Gasteiger partial charge in [-0.05, 0) is 36.4 Å². The molecule has 0 atom stereocenters. The van der Waals surface area contributed by atoms with Crippen LogP contribution in [0.5, 0.6) is 0 Å². The van der Waals surface area contributed by atoms with E-state index in [1.54, 1.807) is 36.9 Å². The molecule has 8 heteroatoms. The van der Waals surface area contributed by atoms with Gasteiger partial charge in [0.2, 0.25) is 11.8 Å². The van der Waals surface area contributed by atoms with Crippen LogP contribution in [0.25, 0.3) is 22.1 Å². The Morgan fingerprint density at radius 2 is 1.24 bits per heavy atom. The van der Waals surface area contributed by atoms with E-state index in [2.05, 4.69) is 9.97 Å². The smallest absolute Gasteiger partial charge is 0.248 e. The Labute approximate surface area is 141 Å². The Bertz CT molecular complexity index is 1050. The van der Waals surface area contributed by atoms with E-state index in [0.29, 0.717) is 28.8 Å². The molecule has 2 amide bonds. The summed E-state index contributed by atoms with van der Waals surface area (Å²) in [5.41, 5.74) is 14.6. The fourth-order valence-corrected chi connectivity index (χ4v) is 2.82. The summed E-state index contributed by atoms with van der Waals surface area (Å²) in [6.45, 7) is 0.485. The molecule has 4 aromatic rings. The van der Waals surface area contributed by atoms with E-state index in [4.69, 9.17) is 11.5 Å². The summed E-state index contributed by atoms with van der Waals surface area (Å²) >= 11 is 0. The average Bonchev–Trinajstić information content (AvgIpc) is 3.18. The molecule has 124 valence electrons. The van der Waals surface area contributed by atoms with Crippen LogP contribution in [0.2, 0.25) is 0 Å². The number of hydrogen-bond donors (Lipinski definition) is 2. The fraction of sp³-hybridized carbons (Fsp3) is 0.0588. The maximum absolute atomic E-state index is 11.3. The van der Waals surface area contributed by atoms with E-state index >= 15 is 0 Å². The van der Waals surface area contributed by atoms with E-state index < -0.39 is 11.8 Å². The minimum atomic E-state index is -0.484. The molecule has 0 aliphatic heterocycles. The molecule has 25 heavy (non-hydrogen) atoms. The van der Waals surface area contributed by atoms with Crippen LogP contribution < -0.4 is 11.5 Å². The number of rotatable bonds is 4. The van der Waals surface area contributed by atoms with Crippen molar-refractivity contribution < 1.29 is 9.59 Å². The molecule has 2 aromatic heterocycles. The number of hydrogen-bond acceptors (Lipinski definition) is 4. The molecule has 0 saturated heterocycles. The van der Waals surface area contributed by atoms with Crippen LogP contribution in [0.4, 0.5) is 0 Å². The Balaban J connectivity index is 1.73. The predicted octanol–water partition coefficient (Wildman–Crippen LogP) is 1.09. The summed E-state index contributed by atoms with van der Waals surface area (Å²) in [6, 6.07) is 10.3. The van der Waals surface area contributed by atoms with Gasteiger partial charge in [-0.1, -0.05) is 0 Å². The maximum atomic E-state index is 11.3. The van der Waals surface area contributed by atoms with Gasteiger partial charge in [-0.25, -0.2) is 9.97 Å². The van der Waals surface area contributed by atoms with Crippen molar-refractivity contribution in [2.24, 2.45) is 11.5 Å². The number of aromatic nitrogens is 4. The quantitative estimate of drug-likeness (QED) is 0.580. The van der Waals surface area contributed by atoms with Gasteiger partial charge in [0.05, 0.1) is 34.7 Å². The molecule has 0 radical (unpaired) electrons. The predicted molar refractivity (Wildman–Crippen MR) is 91.9 cm³/mol. The highest BCUT2D eigenvalue weighted by molar-refractivity contribution is 5.97. The zero-order valence-corrected chi connectivity index (χ0v) is 13.1. The molecule has 0 unspecified atom stereocenters.